The summed E-state index contributed by atoms with van der Waals surface area (Å²) in [6, 6.07) is 3.81. The summed E-state index contributed by atoms with van der Waals surface area (Å²) < 4.78 is 12.8. The Morgan fingerprint density at radius 1 is 1.21 bits per heavy atom. The van der Waals surface area contributed by atoms with Crippen molar-refractivity contribution in [2.75, 3.05) is 38.6 Å². The molecule has 0 amide bonds. The molecule has 0 saturated carbocycles. The van der Waals surface area contributed by atoms with Crippen LogP contribution in [0.2, 0.25) is 0 Å². The molecule has 1 aliphatic rings. The molecule has 3 N–H and O–H groups in total. The van der Waals surface area contributed by atoms with E-state index in [0.29, 0.717) is 30.3 Å². The minimum Gasteiger partial charge on any atom is -0.476 e. The van der Waals surface area contributed by atoms with Crippen molar-refractivity contribution in [3.8, 4) is 11.9 Å². The zero-order valence-electron chi connectivity index (χ0n) is 19.4. The fraction of sp³-hybridized carbons (Fsp3) is 0.522. The fourth-order valence-electron chi connectivity index (χ4n) is 3.91. The molecule has 0 aromatic carbocycles. The van der Waals surface area contributed by atoms with E-state index in [1.165, 1.54) is 4.57 Å². The molecule has 1 aliphatic heterocycles. The summed E-state index contributed by atoms with van der Waals surface area (Å²) in [6.45, 7) is 5.97. The number of nitrogens with two attached hydrogens (primary N) is 1. The van der Waals surface area contributed by atoms with Crippen LogP contribution in [-0.4, -0.2) is 68.5 Å². The number of carbonyl (C=O) groups excluding carboxylic acids is 1. The quantitative estimate of drug-likeness (QED) is 0.316. The number of unbranched alkanes of at least 4 members (excludes halogenated alkanes) is 1. The molecule has 34 heavy (non-hydrogen) atoms. The lowest BCUT2D eigenvalue weighted by atomic mass is 9.99. The van der Waals surface area contributed by atoms with Crippen LogP contribution in [0, 0.1) is 5.92 Å². The molecule has 11 heteroatoms. The van der Waals surface area contributed by atoms with Gasteiger partial charge < -0.3 is 25.0 Å². The van der Waals surface area contributed by atoms with Crippen molar-refractivity contribution in [3.63, 3.8) is 0 Å². The van der Waals surface area contributed by atoms with Crippen LogP contribution >= 0.6 is 0 Å². The summed E-state index contributed by atoms with van der Waals surface area (Å²) >= 11 is 0. The third kappa shape index (κ3) is 5.71. The lowest BCUT2D eigenvalue weighted by molar-refractivity contribution is -0.112. The number of likely N-dealkylation sites (tertiary alicyclic amines) is 1. The summed E-state index contributed by atoms with van der Waals surface area (Å²) in [5.41, 5.74) is 7.27. The first-order valence-corrected chi connectivity index (χ1v) is 11.7. The molecule has 0 radical (unpaired) electrons. The van der Waals surface area contributed by atoms with Gasteiger partial charge in [0.1, 0.15) is 18.4 Å². The number of nitrogens with one attached hydrogen (secondary N) is 1. The molecular weight excluding hydrogens is 438 g/mol. The third-order valence-electron chi connectivity index (χ3n) is 5.98. The van der Waals surface area contributed by atoms with E-state index in [4.69, 9.17) is 15.2 Å². The van der Waals surface area contributed by atoms with Crippen molar-refractivity contribution in [1.82, 2.24) is 29.4 Å². The lowest BCUT2D eigenvalue weighted by Gasteiger charge is -2.29. The van der Waals surface area contributed by atoms with Gasteiger partial charge >= 0.3 is 11.7 Å². The van der Waals surface area contributed by atoms with Gasteiger partial charge in [-0.15, -0.1) is 0 Å². The highest BCUT2D eigenvalue weighted by Crippen LogP contribution is 2.19. The Labute approximate surface area is 197 Å². The molecule has 0 unspecified atom stereocenters. The van der Waals surface area contributed by atoms with Crippen LogP contribution in [0.5, 0.6) is 11.9 Å². The van der Waals surface area contributed by atoms with Crippen molar-refractivity contribution in [3.05, 3.63) is 34.4 Å². The van der Waals surface area contributed by atoms with Gasteiger partial charge in [0.2, 0.25) is 5.88 Å². The van der Waals surface area contributed by atoms with E-state index < -0.39 is 0 Å². The summed E-state index contributed by atoms with van der Waals surface area (Å²) in [4.78, 5) is 41.3. The Kier molecular flexibility index (Phi) is 7.73. The van der Waals surface area contributed by atoms with Gasteiger partial charge in [0.25, 0.3) is 0 Å². The monoisotopic (exact) mass is 469 g/mol. The minimum absolute atomic E-state index is 0.156. The molecule has 0 atom stereocenters. The first-order chi connectivity index (χ1) is 16.6. The molecule has 11 nitrogen and oxygen atoms in total. The van der Waals surface area contributed by atoms with Crippen LogP contribution in [0.15, 0.2) is 23.1 Å². The van der Waals surface area contributed by atoms with Gasteiger partial charge in [0.15, 0.2) is 11.5 Å². The van der Waals surface area contributed by atoms with Gasteiger partial charge in [0, 0.05) is 24.7 Å². The second-order valence-corrected chi connectivity index (χ2v) is 8.48. The normalized spacial score (nSPS) is 15.0. The number of piperidine rings is 1. The number of fused-ring (bicyclic) bond motifs is 1. The SMILES string of the molecule is CCCCOc1nc(N)c2[nH]c(=O)n(Cc3ccc(OCCN4CCC(C=O)CC4)nc3)c2n1. The second-order valence-electron chi connectivity index (χ2n) is 8.48. The molecule has 3 aromatic heterocycles. The lowest BCUT2D eigenvalue weighted by Crippen LogP contribution is -2.36. The number of aromatic nitrogens is 5. The molecule has 1 fully saturated rings. The number of nitrogen functional groups attached to an aromatic ring is 1. The van der Waals surface area contributed by atoms with Crippen LogP contribution in [0.25, 0.3) is 11.2 Å². The van der Waals surface area contributed by atoms with Crippen LogP contribution < -0.4 is 20.9 Å². The number of imidazole rings is 1. The molecule has 1 saturated heterocycles. The van der Waals surface area contributed by atoms with E-state index in [0.717, 1.165) is 57.2 Å². The van der Waals surface area contributed by atoms with Gasteiger partial charge in [0.05, 0.1) is 13.2 Å². The highest BCUT2D eigenvalue weighted by Gasteiger charge is 2.18. The van der Waals surface area contributed by atoms with Crippen molar-refractivity contribution in [2.45, 2.75) is 39.2 Å². The summed E-state index contributed by atoms with van der Waals surface area (Å²) in [6.07, 6.45) is 6.42. The van der Waals surface area contributed by atoms with Crippen LogP contribution in [0.1, 0.15) is 38.2 Å². The zero-order chi connectivity index (χ0) is 23.9. The Morgan fingerprint density at radius 2 is 2.03 bits per heavy atom. The molecule has 0 spiro atoms. The molecule has 4 heterocycles. The minimum atomic E-state index is -0.333. The van der Waals surface area contributed by atoms with Gasteiger partial charge in [-0.2, -0.15) is 9.97 Å². The van der Waals surface area contributed by atoms with Crippen molar-refractivity contribution >= 4 is 23.3 Å². The number of aldehydes is 1. The predicted molar refractivity (Wildman–Crippen MR) is 127 cm³/mol. The Bertz CT molecular complexity index is 1150. The number of anilines is 1. The van der Waals surface area contributed by atoms with Gasteiger partial charge in [-0.1, -0.05) is 19.4 Å². The van der Waals surface area contributed by atoms with E-state index in [2.05, 4.69) is 31.8 Å². The van der Waals surface area contributed by atoms with Gasteiger partial charge in [-0.05, 0) is 37.9 Å². The second kappa shape index (κ2) is 11.1. The number of rotatable bonds is 11. The number of pyridine rings is 1. The smallest absolute Gasteiger partial charge is 0.328 e. The largest absolute Gasteiger partial charge is 0.476 e. The number of hydrogen-bond donors (Lipinski definition) is 2. The van der Waals surface area contributed by atoms with E-state index in [-0.39, 0.29) is 30.0 Å². The number of nitrogens with zero attached hydrogens (tertiary/aromatic N) is 5. The summed E-state index contributed by atoms with van der Waals surface area (Å²) in [5, 5.41) is 0. The number of hydrogen-bond acceptors (Lipinski definition) is 9. The molecule has 4 rings (SSSR count). The Hall–Kier alpha value is -3.47. The zero-order valence-corrected chi connectivity index (χ0v) is 19.4. The van der Waals surface area contributed by atoms with E-state index in [1.54, 1.807) is 12.3 Å². The van der Waals surface area contributed by atoms with E-state index in [9.17, 15) is 9.59 Å². The number of carbonyl (C=O) groups is 1. The van der Waals surface area contributed by atoms with Crippen molar-refractivity contribution < 1.29 is 14.3 Å². The van der Waals surface area contributed by atoms with Crippen LogP contribution in [0.4, 0.5) is 5.82 Å². The standard InChI is InChI=1S/C23H31N7O4/c1-2-3-11-34-22-27-20(24)19-21(28-22)30(23(32)26-19)14-17-4-5-18(25-13-17)33-12-10-29-8-6-16(15-31)7-9-29/h4-5,13,15-16H,2-3,6-12,14H2,1H3,(H,26,32)(H2,24,27,28). The third-order valence-corrected chi connectivity index (χ3v) is 5.98. The highest BCUT2D eigenvalue weighted by atomic mass is 16.5. The van der Waals surface area contributed by atoms with Gasteiger partial charge in [-0.3, -0.25) is 9.47 Å². The first kappa shape index (κ1) is 23.7. The first-order valence-electron chi connectivity index (χ1n) is 11.7. The Balaban J connectivity index is 1.37. The van der Waals surface area contributed by atoms with Crippen LogP contribution in [-0.2, 0) is 11.3 Å². The summed E-state index contributed by atoms with van der Waals surface area (Å²) in [5.74, 6) is 0.889. The van der Waals surface area contributed by atoms with Crippen molar-refractivity contribution in [2.24, 2.45) is 5.92 Å². The average Bonchev–Trinajstić information content (AvgIpc) is 3.16. The Morgan fingerprint density at radius 3 is 2.74 bits per heavy atom. The van der Waals surface area contributed by atoms with Gasteiger partial charge in [-0.25, -0.2) is 9.78 Å². The van der Waals surface area contributed by atoms with E-state index >= 15 is 0 Å². The number of aromatic amines is 1. The molecule has 0 aliphatic carbocycles. The molecule has 0 bridgehead atoms. The molecule has 182 valence electrons. The maximum Gasteiger partial charge on any atom is 0.328 e. The average molecular weight is 470 g/mol. The van der Waals surface area contributed by atoms with E-state index in [1.807, 2.05) is 6.07 Å². The molecular formula is C23H31N7O4. The molecule has 3 aromatic rings. The summed E-state index contributed by atoms with van der Waals surface area (Å²) in [7, 11) is 0. The highest BCUT2D eigenvalue weighted by molar-refractivity contribution is 5.81. The predicted octanol–water partition coefficient (Wildman–Crippen LogP) is 1.61. The van der Waals surface area contributed by atoms with Crippen molar-refractivity contribution in [1.29, 1.82) is 0 Å². The maximum absolute atomic E-state index is 12.5. The maximum atomic E-state index is 12.5. The topological polar surface area (TPSA) is 141 Å². The van der Waals surface area contributed by atoms with Crippen LogP contribution in [0.3, 0.4) is 0 Å². The fourth-order valence-corrected chi connectivity index (χ4v) is 3.91. The number of H-pyrrole nitrogens is 1. The number of ether oxygens (including phenoxy) is 2.